The van der Waals surface area contributed by atoms with Crippen molar-refractivity contribution in [1.82, 2.24) is 10.6 Å². The van der Waals surface area contributed by atoms with Crippen molar-refractivity contribution in [2.45, 2.75) is 46.1 Å². The van der Waals surface area contributed by atoms with Crippen LogP contribution in [-0.2, 0) is 11.3 Å². The van der Waals surface area contributed by atoms with Crippen LogP contribution in [0.25, 0.3) is 0 Å². The van der Waals surface area contributed by atoms with E-state index in [1.54, 1.807) is 0 Å². The Labute approximate surface area is 164 Å². The summed E-state index contributed by atoms with van der Waals surface area (Å²) in [6, 6.07) is 8.84. The highest BCUT2D eigenvalue weighted by Gasteiger charge is 2.37. The summed E-state index contributed by atoms with van der Waals surface area (Å²) in [7, 11) is 1.85. The molecule has 0 radical (unpaired) electrons. The van der Waals surface area contributed by atoms with Gasteiger partial charge in [-0.2, -0.15) is 0 Å². The Hall–Kier alpha value is -1.75. The molecule has 0 aromatic heterocycles. The first-order valence-electron chi connectivity index (χ1n) is 10.5. The number of rotatable bonds is 7. The Kier molecular flexibility index (Phi) is 7.00. The van der Waals surface area contributed by atoms with Crippen LogP contribution >= 0.6 is 0 Å². The summed E-state index contributed by atoms with van der Waals surface area (Å²) in [5.41, 5.74) is 3.03. The number of ether oxygens (including phenoxy) is 1. The van der Waals surface area contributed by atoms with Gasteiger partial charge in [0.05, 0.1) is 13.2 Å². The van der Waals surface area contributed by atoms with E-state index in [0.717, 1.165) is 51.3 Å². The van der Waals surface area contributed by atoms with Gasteiger partial charge in [0, 0.05) is 38.9 Å². The number of benzene rings is 1. The molecule has 27 heavy (non-hydrogen) atoms. The Bertz CT molecular complexity index is 601. The van der Waals surface area contributed by atoms with Gasteiger partial charge in [-0.05, 0) is 48.3 Å². The predicted octanol–water partition coefficient (Wildman–Crippen LogP) is 3.40. The van der Waals surface area contributed by atoms with Gasteiger partial charge in [-0.15, -0.1) is 0 Å². The average molecular weight is 373 g/mol. The Morgan fingerprint density at radius 1 is 1.15 bits per heavy atom. The highest BCUT2D eigenvalue weighted by molar-refractivity contribution is 5.79. The third kappa shape index (κ3) is 5.61. The molecule has 1 aromatic carbocycles. The average Bonchev–Trinajstić information content (AvgIpc) is 2.66. The van der Waals surface area contributed by atoms with Crippen molar-refractivity contribution < 1.29 is 4.74 Å². The zero-order valence-electron chi connectivity index (χ0n) is 17.3. The fraction of sp³-hybridized carbons (Fsp3) is 0.682. The molecule has 5 heteroatoms. The maximum absolute atomic E-state index is 5.43. The summed E-state index contributed by atoms with van der Waals surface area (Å²) in [4.78, 5) is 6.79. The lowest BCUT2D eigenvalue weighted by molar-refractivity contribution is 0.104. The van der Waals surface area contributed by atoms with E-state index >= 15 is 0 Å². The molecule has 0 spiro atoms. The monoisotopic (exact) mass is 372 g/mol. The number of anilines is 1. The highest BCUT2D eigenvalue weighted by atomic mass is 16.5. The second-order valence-corrected chi connectivity index (χ2v) is 8.50. The van der Waals surface area contributed by atoms with Crippen molar-refractivity contribution in [1.29, 1.82) is 0 Å². The second kappa shape index (κ2) is 9.45. The second-order valence-electron chi connectivity index (χ2n) is 8.50. The lowest BCUT2D eigenvalue weighted by atomic mass is 9.64. The van der Waals surface area contributed by atoms with E-state index in [4.69, 9.17) is 4.74 Å². The van der Waals surface area contributed by atoms with Crippen LogP contribution in [0.2, 0.25) is 0 Å². The van der Waals surface area contributed by atoms with Crippen molar-refractivity contribution in [2.24, 2.45) is 16.3 Å². The Morgan fingerprint density at radius 2 is 1.85 bits per heavy atom. The van der Waals surface area contributed by atoms with Gasteiger partial charge in [-0.1, -0.05) is 32.4 Å². The zero-order chi connectivity index (χ0) is 19.1. The molecule has 1 aliphatic heterocycles. The fourth-order valence-electron chi connectivity index (χ4n) is 4.32. The van der Waals surface area contributed by atoms with Crippen LogP contribution in [0.15, 0.2) is 29.3 Å². The van der Waals surface area contributed by atoms with Crippen LogP contribution in [0.3, 0.4) is 0 Å². The topological polar surface area (TPSA) is 48.9 Å². The number of nitrogens with zero attached hydrogens (tertiary/aromatic N) is 2. The largest absolute Gasteiger partial charge is 0.378 e. The molecule has 2 aliphatic rings. The lowest BCUT2D eigenvalue weighted by Crippen LogP contribution is -2.46. The van der Waals surface area contributed by atoms with E-state index in [-0.39, 0.29) is 0 Å². The molecule has 150 valence electrons. The molecule has 0 bridgehead atoms. The number of guanidine groups is 1. The van der Waals surface area contributed by atoms with Crippen molar-refractivity contribution in [3.05, 3.63) is 29.8 Å². The Balaban J connectivity index is 1.46. The lowest BCUT2D eigenvalue weighted by Gasteiger charge is -2.43. The molecular weight excluding hydrogens is 336 g/mol. The SMILES string of the molecule is CN=C(NCc1ccc(N2CCOCC2)cc1)NCC1(CC(C)C)CCC1. The number of nitrogens with one attached hydrogen (secondary N) is 2. The molecule has 0 amide bonds. The molecule has 2 fully saturated rings. The summed E-state index contributed by atoms with van der Waals surface area (Å²) in [5.74, 6) is 1.66. The zero-order valence-corrected chi connectivity index (χ0v) is 17.3. The van der Waals surface area contributed by atoms with Gasteiger partial charge in [0.15, 0.2) is 5.96 Å². The highest BCUT2D eigenvalue weighted by Crippen LogP contribution is 2.45. The first-order chi connectivity index (χ1) is 13.1. The van der Waals surface area contributed by atoms with E-state index in [9.17, 15) is 0 Å². The third-order valence-corrected chi connectivity index (χ3v) is 5.88. The summed E-state index contributed by atoms with van der Waals surface area (Å²) in [5, 5.41) is 7.03. The quantitative estimate of drug-likeness (QED) is 0.569. The van der Waals surface area contributed by atoms with Gasteiger partial charge in [-0.25, -0.2) is 0 Å². The molecule has 3 rings (SSSR count). The number of hydrogen-bond acceptors (Lipinski definition) is 3. The van der Waals surface area contributed by atoms with Gasteiger partial charge < -0.3 is 20.3 Å². The van der Waals surface area contributed by atoms with Crippen LogP contribution in [0.1, 0.15) is 45.1 Å². The fourth-order valence-corrected chi connectivity index (χ4v) is 4.32. The standard InChI is InChI=1S/C22H36N4O/c1-18(2)15-22(9-4-10-22)17-25-21(23-3)24-16-19-5-7-20(8-6-19)26-11-13-27-14-12-26/h5-8,18H,4,9-17H2,1-3H3,(H2,23,24,25). The number of hydrogen-bond donors (Lipinski definition) is 2. The van der Waals surface area contributed by atoms with Crippen LogP contribution in [0, 0.1) is 11.3 Å². The first-order valence-corrected chi connectivity index (χ1v) is 10.5. The van der Waals surface area contributed by atoms with Crippen LogP contribution < -0.4 is 15.5 Å². The molecule has 1 aromatic rings. The van der Waals surface area contributed by atoms with Crippen molar-refractivity contribution >= 4 is 11.6 Å². The van der Waals surface area contributed by atoms with Gasteiger partial charge in [0.25, 0.3) is 0 Å². The molecular formula is C22H36N4O. The molecule has 2 N–H and O–H groups in total. The van der Waals surface area contributed by atoms with E-state index in [2.05, 4.69) is 58.6 Å². The van der Waals surface area contributed by atoms with E-state index < -0.39 is 0 Å². The van der Waals surface area contributed by atoms with Gasteiger partial charge in [0.1, 0.15) is 0 Å². The maximum atomic E-state index is 5.43. The predicted molar refractivity (Wildman–Crippen MR) is 113 cm³/mol. The molecule has 1 saturated heterocycles. The van der Waals surface area contributed by atoms with E-state index in [1.165, 1.54) is 36.9 Å². The molecule has 1 aliphatic carbocycles. The van der Waals surface area contributed by atoms with E-state index in [0.29, 0.717) is 5.41 Å². The van der Waals surface area contributed by atoms with Gasteiger partial charge in [0.2, 0.25) is 0 Å². The van der Waals surface area contributed by atoms with Crippen LogP contribution in [-0.4, -0.2) is 45.9 Å². The molecule has 0 atom stereocenters. The summed E-state index contributed by atoms with van der Waals surface area (Å²) in [6.07, 6.45) is 5.37. The normalized spacial score (nSPS) is 19.7. The summed E-state index contributed by atoms with van der Waals surface area (Å²) in [6.45, 7) is 10.1. The smallest absolute Gasteiger partial charge is 0.191 e. The molecule has 1 heterocycles. The minimum Gasteiger partial charge on any atom is -0.378 e. The van der Waals surface area contributed by atoms with Crippen molar-refractivity contribution in [3.8, 4) is 0 Å². The maximum Gasteiger partial charge on any atom is 0.191 e. The van der Waals surface area contributed by atoms with Crippen molar-refractivity contribution in [3.63, 3.8) is 0 Å². The molecule has 5 nitrogen and oxygen atoms in total. The Morgan fingerprint density at radius 3 is 2.41 bits per heavy atom. The summed E-state index contributed by atoms with van der Waals surface area (Å²) < 4.78 is 5.43. The minimum absolute atomic E-state index is 0.478. The molecule has 1 saturated carbocycles. The third-order valence-electron chi connectivity index (χ3n) is 5.88. The molecule has 0 unspecified atom stereocenters. The number of aliphatic imine (C=N–C) groups is 1. The first kappa shape index (κ1) is 20.0. The minimum atomic E-state index is 0.478. The van der Waals surface area contributed by atoms with Gasteiger partial charge >= 0.3 is 0 Å². The van der Waals surface area contributed by atoms with Crippen LogP contribution in [0.5, 0.6) is 0 Å². The van der Waals surface area contributed by atoms with E-state index in [1.807, 2.05) is 7.05 Å². The number of morpholine rings is 1. The van der Waals surface area contributed by atoms with Crippen LogP contribution in [0.4, 0.5) is 5.69 Å². The van der Waals surface area contributed by atoms with Crippen molar-refractivity contribution in [2.75, 3.05) is 44.8 Å². The van der Waals surface area contributed by atoms with Gasteiger partial charge in [-0.3, -0.25) is 4.99 Å². The summed E-state index contributed by atoms with van der Waals surface area (Å²) >= 11 is 0.